The Hall–Kier alpha value is -2.24. The van der Waals surface area contributed by atoms with Crippen molar-refractivity contribution in [1.82, 2.24) is 9.55 Å². The number of nitrogens with one attached hydrogen (secondary N) is 1. The Kier molecular flexibility index (Phi) is 2.86. The standard InChI is InChI=1S/C11H12N2O4/c1-13-10-7(12-11(13)16)3-2-4-8(10)17-6-5-9(14)15/h2-4H,5-6H2,1H3,(H,12,16)(H,14,15). The molecule has 0 radical (unpaired) electrons. The Labute approximate surface area is 96.4 Å². The van der Waals surface area contributed by atoms with Crippen LogP contribution in [-0.4, -0.2) is 27.2 Å². The fourth-order valence-electron chi connectivity index (χ4n) is 1.63. The van der Waals surface area contributed by atoms with Gasteiger partial charge in [0.25, 0.3) is 0 Å². The molecule has 0 fully saturated rings. The summed E-state index contributed by atoms with van der Waals surface area (Å²) in [6.07, 6.45) is -0.0746. The number of carboxylic acid groups (broad SMARTS) is 1. The van der Waals surface area contributed by atoms with Gasteiger partial charge in [-0.3, -0.25) is 9.36 Å². The molecule has 90 valence electrons. The molecule has 0 unspecified atom stereocenters. The quantitative estimate of drug-likeness (QED) is 0.819. The summed E-state index contributed by atoms with van der Waals surface area (Å²) in [7, 11) is 1.63. The van der Waals surface area contributed by atoms with Crippen molar-refractivity contribution in [1.29, 1.82) is 0 Å². The average Bonchev–Trinajstić information content (AvgIpc) is 2.55. The molecule has 0 spiro atoms. The van der Waals surface area contributed by atoms with E-state index in [1.807, 2.05) is 0 Å². The molecule has 1 aromatic heterocycles. The molecule has 0 atom stereocenters. The summed E-state index contributed by atoms with van der Waals surface area (Å²) < 4.78 is 6.80. The largest absolute Gasteiger partial charge is 0.491 e. The normalized spacial score (nSPS) is 10.6. The van der Waals surface area contributed by atoms with Crippen LogP contribution in [0.5, 0.6) is 5.75 Å². The van der Waals surface area contributed by atoms with E-state index in [2.05, 4.69) is 4.98 Å². The highest BCUT2D eigenvalue weighted by Crippen LogP contribution is 2.22. The Morgan fingerprint density at radius 2 is 2.29 bits per heavy atom. The van der Waals surface area contributed by atoms with Crippen LogP contribution in [0.4, 0.5) is 0 Å². The summed E-state index contributed by atoms with van der Waals surface area (Å²) in [5.41, 5.74) is 1.09. The van der Waals surface area contributed by atoms with Crippen molar-refractivity contribution >= 4 is 17.0 Å². The molecule has 17 heavy (non-hydrogen) atoms. The number of fused-ring (bicyclic) bond motifs is 1. The zero-order valence-electron chi connectivity index (χ0n) is 9.27. The molecule has 2 rings (SSSR count). The minimum atomic E-state index is -0.917. The number of imidazole rings is 1. The molecule has 6 nitrogen and oxygen atoms in total. The molecule has 2 N–H and O–H groups in total. The lowest BCUT2D eigenvalue weighted by atomic mass is 10.3. The number of nitrogens with zero attached hydrogens (tertiary/aromatic N) is 1. The third-order valence-corrected chi connectivity index (χ3v) is 2.45. The van der Waals surface area contributed by atoms with Crippen LogP contribution >= 0.6 is 0 Å². The Balaban J connectivity index is 2.33. The lowest BCUT2D eigenvalue weighted by Gasteiger charge is -2.06. The second-order valence-electron chi connectivity index (χ2n) is 3.63. The van der Waals surface area contributed by atoms with Crippen LogP contribution < -0.4 is 10.4 Å². The van der Waals surface area contributed by atoms with Gasteiger partial charge in [0, 0.05) is 7.05 Å². The van der Waals surface area contributed by atoms with E-state index in [1.165, 1.54) is 4.57 Å². The number of hydrogen-bond acceptors (Lipinski definition) is 3. The number of aromatic amines is 1. The van der Waals surface area contributed by atoms with Crippen molar-refractivity contribution in [2.24, 2.45) is 7.05 Å². The fourth-order valence-corrected chi connectivity index (χ4v) is 1.63. The SMILES string of the molecule is Cn1c(=O)[nH]c2cccc(OCCC(=O)O)c21. The number of carbonyl (C=O) groups is 1. The van der Waals surface area contributed by atoms with Crippen LogP contribution in [-0.2, 0) is 11.8 Å². The van der Waals surface area contributed by atoms with Gasteiger partial charge in [-0.2, -0.15) is 0 Å². The van der Waals surface area contributed by atoms with E-state index >= 15 is 0 Å². The van der Waals surface area contributed by atoms with Gasteiger partial charge < -0.3 is 14.8 Å². The average molecular weight is 236 g/mol. The molecule has 0 amide bonds. The first-order chi connectivity index (χ1) is 8.09. The van der Waals surface area contributed by atoms with Gasteiger partial charge in [-0.1, -0.05) is 6.07 Å². The maximum atomic E-state index is 11.4. The summed E-state index contributed by atoms with van der Waals surface area (Å²) in [5, 5.41) is 8.52. The van der Waals surface area contributed by atoms with Crippen LogP contribution in [0.15, 0.2) is 23.0 Å². The Morgan fingerprint density at radius 3 is 3.00 bits per heavy atom. The number of aromatic nitrogens is 2. The number of aliphatic carboxylic acids is 1. The van der Waals surface area contributed by atoms with Gasteiger partial charge in [0.15, 0.2) is 0 Å². The molecule has 6 heteroatoms. The zero-order chi connectivity index (χ0) is 12.4. The minimum absolute atomic E-state index is 0.0746. The van der Waals surface area contributed by atoms with Crippen LogP contribution in [0.1, 0.15) is 6.42 Å². The third-order valence-electron chi connectivity index (χ3n) is 2.45. The number of rotatable bonds is 4. The highest BCUT2D eigenvalue weighted by molar-refractivity contribution is 5.81. The summed E-state index contributed by atoms with van der Waals surface area (Å²) in [4.78, 5) is 24.5. The predicted molar refractivity (Wildman–Crippen MR) is 61.3 cm³/mol. The first kappa shape index (κ1) is 11.3. The van der Waals surface area contributed by atoms with Gasteiger partial charge in [-0.05, 0) is 12.1 Å². The molecule has 0 saturated heterocycles. The summed E-state index contributed by atoms with van der Waals surface area (Å²) in [6.45, 7) is 0.0772. The van der Waals surface area contributed by atoms with Crippen molar-refractivity contribution < 1.29 is 14.6 Å². The predicted octanol–water partition coefficient (Wildman–Crippen LogP) is 0.720. The van der Waals surface area contributed by atoms with Gasteiger partial charge in [-0.25, -0.2) is 4.79 Å². The minimum Gasteiger partial charge on any atom is -0.491 e. The number of carboxylic acids is 1. The lowest BCUT2D eigenvalue weighted by Crippen LogP contribution is -2.12. The lowest BCUT2D eigenvalue weighted by molar-refractivity contribution is -0.137. The molecular formula is C11H12N2O4. The van der Waals surface area contributed by atoms with Gasteiger partial charge >= 0.3 is 11.7 Å². The zero-order valence-corrected chi connectivity index (χ0v) is 9.27. The summed E-state index contributed by atoms with van der Waals surface area (Å²) >= 11 is 0. The number of H-pyrrole nitrogens is 1. The van der Waals surface area contributed by atoms with Crippen molar-refractivity contribution in [3.8, 4) is 5.75 Å². The van der Waals surface area contributed by atoms with Gasteiger partial charge in [-0.15, -0.1) is 0 Å². The molecule has 0 saturated carbocycles. The first-order valence-electron chi connectivity index (χ1n) is 5.12. The molecule has 0 aliphatic carbocycles. The fraction of sp³-hybridized carbons (Fsp3) is 0.273. The third kappa shape index (κ3) is 2.15. The smallest absolute Gasteiger partial charge is 0.326 e. The number of hydrogen-bond donors (Lipinski definition) is 2. The second-order valence-corrected chi connectivity index (χ2v) is 3.63. The molecule has 0 aliphatic rings. The van der Waals surface area contributed by atoms with E-state index in [4.69, 9.17) is 9.84 Å². The summed E-state index contributed by atoms with van der Waals surface area (Å²) in [5.74, 6) is -0.412. The highest BCUT2D eigenvalue weighted by atomic mass is 16.5. The molecule has 0 aliphatic heterocycles. The van der Waals surface area contributed by atoms with E-state index in [0.29, 0.717) is 16.8 Å². The van der Waals surface area contributed by atoms with Crippen LogP contribution in [0.2, 0.25) is 0 Å². The van der Waals surface area contributed by atoms with E-state index < -0.39 is 5.97 Å². The number of ether oxygens (including phenoxy) is 1. The molecule has 2 aromatic rings. The monoisotopic (exact) mass is 236 g/mol. The van der Waals surface area contributed by atoms with Crippen molar-refractivity contribution in [3.05, 3.63) is 28.7 Å². The Morgan fingerprint density at radius 1 is 1.53 bits per heavy atom. The highest BCUT2D eigenvalue weighted by Gasteiger charge is 2.09. The van der Waals surface area contributed by atoms with E-state index in [0.717, 1.165) is 0 Å². The summed E-state index contributed by atoms with van der Waals surface area (Å²) in [6, 6.07) is 5.21. The molecule has 1 aromatic carbocycles. The van der Waals surface area contributed by atoms with Crippen LogP contribution in [0, 0.1) is 0 Å². The number of para-hydroxylation sites is 1. The van der Waals surface area contributed by atoms with E-state index in [9.17, 15) is 9.59 Å². The van der Waals surface area contributed by atoms with Crippen molar-refractivity contribution in [2.45, 2.75) is 6.42 Å². The second kappa shape index (κ2) is 4.32. The first-order valence-corrected chi connectivity index (χ1v) is 5.12. The van der Waals surface area contributed by atoms with E-state index in [1.54, 1.807) is 25.2 Å². The molecule has 0 bridgehead atoms. The molecular weight excluding hydrogens is 224 g/mol. The molecule has 1 heterocycles. The van der Waals surface area contributed by atoms with Gasteiger partial charge in [0.05, 0.1) is 18.5 Å². The maximum absolute atomic E-state index is 11.4. The van der Waals surface area contributed by atoms with Crippen molar-refractivity contribution in [2.75, 3.05) is 6.61 Å². The van der Waals surface area contributed by atoms with Gasteiger partial charge in [0.1, 0.15) is 11.3 Å². The topological polar surface area (TPSA) is 84.3 Å². The van der Waals surface area contributed by atoms with E-state index in [-0.39, 0.29) is 18.7 Å². The van der Waals surface area contributed by atoms with Crippen LogP contribution in [0.25, 0.3) is 11.0 Å². The maximum Gasteiger partial charge on any atom is 0.326 e. The Bertz CT molecular complexity index is 611. The van der Waals surface area contributed by atoms with Crippen molar-refractivity contribution in [3.63, 3.8) is 0 Å². The van der Waals surface area contributed by atoms with Gasteiger partial charge in [0.2, 0.25) is 0 Å². The van der Waals surface area contributed by atoms with Crippen LogP contribution in [0.3, 0.4) is 0 Å². The number of benzene rings is 1. The number of aryl methyl sites for hydroxylation is 1.